The Balaban J connectivity index is 1.98. The Kier molecular flexibility index (Phi) is 3.08. The molecule has 1 atom stereocenters. The van der Waals surface area contributed by atoms with Crippen LogP contribution in [0.2, 0.25) is 0 Å². The second-order valence-corrected chi connectivity index (χ2v) is 6.88. The van der Waals surface area contributed by atoms with E-state index in [-0.39, 0.29) is 17.7 Å². The fourth-order valence-corrected chi connectivity index (χ4v) is 3.19. The van der Waals surface area contributed by atoms with Crippen molar-refractivity contribution in [2.45, 2.75) is 51.2 Å². The van der Waals surface area contributed by atoms with E-state index >= 15 is 0 Å². The number of rotatable bonds is 3. The molecule has 21 heavy (non-hydrogen) atoms. The highest BCUT2D eigenvalue weighted by molar-refractivity contribution is 6.02. The minimum absolute atomic E-state index is 0.000327. The molecule has 1 aliphatic heterocycles. The van der Waals surface area contributed by atoms with E-state index in [2.05, 4.69) is 5.32 Å². The highest BCUT2D eigenvalue weighted by Gasteiger charge is 2.58. The largest absolute Gasteiger partial charge is 0.340 e. The fourth-order valence-electron chi connectivity index (χ4n) is 3.19. The van der Waals surface area contributed by atoms with Gasteiger partial charge in [-0.15, -0.1) is 0 Å². The maximum atomic E-state index is 12.9. The number of piperazine rings is 1. The number of amides is 2. The van der Waals surface area contributed by atoms with E-state index in [1.807, 2.05) is 37.3 Å². The summed E-state index contributed by atoms with van der Waals surface area (Å²) in [6.45, 7) is 5.95. The van der Waals surface area contributed by atoms with Gasteiger partial charge in [-0.2, -0.15) is 0 Å². The molecule has 1 aromatic carbocycles. The molecule has 1 saturated heterocycles. The van der Waals surface area contributed by atoms with Gasteiger partial charge in [-0.25, -0.2) is 0 Å². The van der Waals surface area contributed by atoms with E-state index in [9.17, 15) is 9.59 Å². The van der Waals surface area contributed by atoms with Crippen LogP contribution in [-0.4, -0.2) is 27.8 Å². The van der Waals surface area contributed by atoms with Crippen LogP contribution in [0.5, 0.6) is 0 Å². The van der Waals surface area contributed by atoms with Gasteiger partial charge in [0.15, 0.2) is 0 Å². The molecule has 112 valence electrons. The van der Waals surface area contributed by atoms with Gasteiger partial charge >= 0.3 is 0 Å². The molecule has 0 bridgehead atoms. The zero-order valence-corrected chi connectivity index (χ0v) is 12.8. The number of nitrogens with one attached hydrogen (secondary N) is 1. The lowest BCUT2D eigenvalue weighted by molar-refractivity contribution is -0.163. The minimum atomic E-state index is -0.833. The molecule has 1 saturated carbocycles. The maximum Gasteiger partial charge on any atom is 0.248 e. The molecular weight excluding hydrogens is 264 g/mol. The van der Waals surface area contributed by atoms with Crippen LogP contribution in [0.4, 0.5) is 0 Å². The van der Waals surface area contributed by atoms with Crippen LogP contribution in [0.3, 0.4) is 0 Å². The Bertz CT molecular complexity index is 578. The molecule has 0 spiro atoms. The zero-order chi connectivity index (χ0) is 15.3. The van der Waals surface area contributed by atoms with Crippen molar-refractivity contribution in [1.29, 1.82) is 0 Å². The average molecular weight is 286 g/mol. The lowest BCUT2D eigenvalue weighted by Crippen LogP contribution is -2.73. The molecule has 1 aromatic rings. The lowest BCUT2D eigenvalue weighted by Gasteiger charge is -2.49. The second kappa shape index (κ2) is 4.58. The molecule has 1 heterocycles. The van der Waals surface area contributed by atoms with E-state index in [1.165, 1.54) is 0 Å². The van der Waals surface area contributed by atoms with Gasteiger partial charge in [0.25, 0.3) is 0 Å². The van der Waals surface area contributed by atoms with Gasteiger partial charge in [0.05, 0.1) is 0 Å². The van der Waals surface area contributed by atoms with Crippen LogP contribution in [0.1, 0.15) is 39.2 Å². The van der Waals surface area contributed by atoms with Crippen LogP contribution in [0, 0.1) is 5.92 Å². The summed E-state index contributed by atoms with van der Waals surface area (Å²) in [6.07, 6.45) is 2.03. The van der Waals surface area contributed by atoms with Crippen LogP contribution in [0.15, 0.2) is 30.3 Å². The monoisotopic (exact) mass is 286 g/mol. The standard InChI is InChI=1S/C17H22N2O2/c1-16(2)15(21)19(11-12-7-5-4-6-8-12)17(3,13-9-10-13)14(20)18-16/h4-8,13H,9-11H2,1-3H3,(H,18,20). The second-order valence-electron chi connectivity index (χ2n) is 6.88. The van der Waals surface area contributed by atoms with Crippen molar-refractivity contribution in [2.24, 2.45) is 5.92 Å². The maximum absolute atomic E-state index is 12.9. The molecule has 4 nitrogen and oxygen atoms in total. The Morgan fingerprint density at radius 1 is 1.14 bits per heavy atom. The Labute approximate surface area is 125 Å². The van der Waals surface area contributed by atoms with E-state index in [0.717, 1.165) is 18.4 Å². The third-order valence-electron chi connectivity index (χ3n) is 4.78. The van der Waals surface area contributed by atoms with Crippen LogP contribution < -0.4 is 5.32 Å². The summed E-state index contributed by atoms with van der Waals surface area (Å²) in [5.41, 5.74) is -0.494. The molecule has 3 rings (SSSR count). The Hall–Kier alpha value is -1.84. The molecule has 2 fully saturated rings. The highest BCUT2D eigenvalue weighted by Crippen LogP contribution is 2.46. The molecular formula is C17H22N2O2. The number of hydrogen-bond donors (Lipinski definition) is 1. The van der Waals surface area contributed by atoms with Crippen molar-refractivity contribution < 1.29 is 9.59 Å². The van der Waals surface area contributed by atoms with Crippen molar-refractivity contribution in [1.82, 2.24) is 10.2 Å². The number of benzene rings is 1. The predicted octanol–water partition coefficient (Wildman–Crippen LogP) is 2.09. The number of nitrogens with zero attached hydrogens (tertiary/aromatic N) is 1. The first-order valence-electron chi connectivity index (χ1n) is 7.54. The van der Waals surface area contributed by atoms with E-state index in [4.69, 9.17) is 0 Å². The average Bonchev–Trinajstić information content (AvgIpc) is 3.27. The van der Waals surface area contributed by atoms with Gasteiger partial charge in [0.1, 0.15) is 11.1 Å². The first kappa shape index (κ1) is 14.1. The van der Waals surface area contributed by atoms with E-state index < -0.39 is 11.1 Å². The van der Waals surface area contributed by atoms with Gasteiger partial charge in [0, 0.05) is 6.54 Å². The van der Waals surface area contributed by atoms with Crippen molar-refractivity contribution in [3.05, 3.63) is 35.9 Å². The van der Waals surface area contributed by atoms with Crippen molar-refractivity contribution in [2.75, 3.05) is 0 Å². The summed E-state index contributed by atoms with van der Waals surface area (Å²) in [7, 11) is 0. The summed E-state index contributed by atoms with van der Waals surface area (Å²) in [5, 5.41) is 2.90. The molecule has 2 amide bonds. The topological polar surface area (TPSA) is 49.4 Å². The SMILES string of the molecule is CC1(C)NC(=O)C(C)(C2CC2)N(Cc2ccccc2)C1=O. The van der Waals surface area contributed by atoms with Crippen molar-refractivity contribution >= 4 is 11.8 Å². The number of carbonyl (C=O) groups excluding carboxylic acids is 2. The van der Waals surface area contributed by atoms with E-state index in [0.29, 0.717) is 6.54 Å². The smallest absolute Gasteiger partial charge is 0.248 e. The summed E-state index contributed by atoms with van der Waals surface area (Å²) in [4.78, 5) is 27.3. The summed E-state index contributed by atoms with van der Waals surface area (Å²) in [5.74, 6) is 0.257. The molecule has 0 radical (unpaired) electrons. The molecule has 1 unspecified atom stereocenters. The minimum Gasteiger partial charge on any atom is -0.340 e. The molecule has 1 aliphatic carbocycles. The first-order chi connectivity index (χ1) is 9.85. The van der Waals surface area contributed by atoms with E-state index in [1.54, 1.807) is 18.7 Å². The first-order valence-corrected chi connectivity index (χ1v) is 7.54. The van der Waals surface area contributed by atoms with Gasteiger partial charge in [-0.05, 0) is 45.1 Å². The Morgan fingerprint density at radius 2 is 1.76 bits per heavy atom. The molecule has 0 aromatic heterocycles. The summed E-state index contributed by atoms with van der Waals surface area (Å²) in [6, 6.07) is 9.88. The third-order valence-corrected chi connectivity index (χ3v) is 4.78. The fraction of sp³-hybridized carbons (Fsp3) is 0.529. The Morgan fingerprint density at radius 3 is 2.33 bits per heavy atom. The van der Waals surface area contributed by atoms with Crippen LogP contribution >= 0.6 is 0 Å². The van der Waals surface area contributed by atoms with Crippen LogP contribution in [-0.2, 0) is 16.1 Å². The van der Waals surface area contributed by atoms with Gasteiger partial charge in [-0.3, -0.25) is 9.59 Å². The lowest BCUT2D eigenvalue weighted by atomic mass is 9.84. The number of hydrogen-bond acceptors (Lipinski definition) is 2. The van der Waals surface area contributed by atoms with Gasteiger partial charge in [-0.1, -0.05) is 30.3 Å². The van der Waals surface area contributed by atoms with Crippen LogP contribution in [0.25, 0.3) is 0 Å². The summed E-state index contributed by atoms with van der Waals surface area (Å²) < 4.78 is 0. The third kappa shape index (κ3) is 2.23. The molecule has 4 heteroatoms. The highest BCUT2D eigenvalue weighted by atomic mass is 16.2. The van der Waals surface area contributed by atoms with Crippen molar-refractivity contribution in [3.8, 4) is 0 Å². The normalized spacial score (nSPS) is 28.4. The van der Waals surface area contributed by atoms with Crippen molar-refractivity contribution in [3.63, 3.8) is 0 Å². The number of carbonyl (C=O) groups is 2. The van der Waals surface area contributed by atoms with Gasteiger partial charge < -0.3 is 10.2 Å². The summed E-state index contributed by atoms with van der Waals surface area (Å²) >= 11 is 0. The van der Waals surface area contributed by atoms with Gasteiger partial charge in [0.2, 0.25) is 11.8 Å². The molecule has 2 aliphatic rings. The quantitative estimate of drug-likeness (QED) is 0.925. The predicted molar refractivity (Wildman–Crippen MR) is 80.3 cm³/mol. The zero-order valence-electron chi connectivity index (χ0n) is 12.8. The molecule has 1 N–H and O–H groups in total.